The summed E-state index contributed by atoms with van der Waals surface area (Å²) in [6.45, 7) is 1.95. The van der Waals surface area contributed by atoms with Gasteiger partial charge in [-0.1, -0.05) is 58.9 Å². The van der Waals surface area contributed by atoms with E-state index < -0.39 is 6.04 Å². The van der Waals surface area contributed by atoms with Crippen LogP contribution in [0.5, 0.6) is 5.75 Å². The molecule has 0 spiro atoms. The maximum Gasteiger partial charge on any atom is 0.261 e. The van der Waals surface area contributed by atoms with Crippen LogP contribution in [0.2, 0.25) is 5.02 Å². The van der Waals surface area contributed by atoms with Gasteiger partial charge in [-0.3, -0.25) is 9.59 Å². The highest BCUT2D eigenvalue weighted by Gasteiger charge is 2.28. The first-order valence-electron chi connectivity index (χ1n) is 10.6. The number of nitrogens with one attached hydrogen (secondary N) is 1. The van der Waals surface area contributed by atoms with Crippen molar-refractivity contribution in [1.82, 2.24) is 10.2 Å². The summed E-state index contributed by atoms with van der Waals surface area (Å²) in [5.41, 5.74) is 0.945. The van der Waals surface area contributed by atoms with Crippen molar-refractivity contribution >= 4 is 39.3 Å². The monoisotopic (exact) mass is 506 g/mol. The molecule has 2 aromatic rings. The molecule has 0 aromatic heterocycles. The third kappa shape index (κ3) is 7.25. The lowest BCUT2D eigenvalue weighted by Crippen LogP contribution is -2.51. The second-order valence-electron chi connectivity index (χ2n) is 7.91. The number of amides is 2. The highest BCUT2D eigenvalue weighted by Crippen LogP contribution is 2.19. The van der Waals surface area contributed by atoms with Crippen LogP contribution in [0.15, 0.2) is 53.0 Å². The molecule has 2 amide bonds. The Morgan fingerprint density at radius 3 is 2.39 bits per heavy atom. The van der Waals surface area contributed by atoms with Gasteiger partial charge in [-0.05, 0) is 61.7 Å². The molecule has 0 bridgehead atoms. The molecule has 166 valence electrons. The highest BCUT2D eigenvalue weighted by molar-refractivity contribution is 9.10. The smallest absolute Gasteiger partial charge is 0.261 e. The van der Waals surface area contributed by atoms with Gasteiger partial charge in [0.1, 0.15) is 11.8 Å². The van der Waals surface area contributed by atoms with Crippen LogP contribution in [0, 0.1) is 0 Å². The number of ether oxygens (including phenoxy) is 1. The molecule has 0 radical (unpaired) electrons. The lowest BCUT2D eigenvalue weighted by atomic mass is 9.95. The van der Waals surface area contributed by atoms with Crippen LogP contribution in [-0.2, 0) is 16.1 Å². The first-order valence-corrected chi connectivity index (χ1v) is 11.8. The van der Waals surface area contributed by atoms with Crippen molar-refractivity contribution in [1.29, 1.82) is 0 Å². The van der Waals surface area contributed by atoms with Crippen LogP contribution in [0.1, 0.15) is 44.6 Å². The molecule has 1 aliphatic carbocycles. The molecule has 5 nitrogen and oxygen atoms in total. The second-order valence-corrected chi connectivity index (χ2v) is 9.26. The molecule has 1 N–H and O–H groups in total. The van der Waals surface area contributed by atoms with Crippen LogP contribution in [-0.4, -0.2) is 35.4 Å². The van der Waals surface area contributed by atoms with Crippen molar-refractivity contribution in [2.24, 2.45) is 0 Å². The zero-order chi connectivity index (χ0) is 22.2. The van der Waals surface area contributed by atoms with Gasteiger partial charge >= 0.3 is 0 Å². The maximum absolute atomic E-state index is 13.1. The quantitative estimate of drug-likeness (QED) is 0.524. The van der Waals surface area contributed by atoms with Crippen molar-refractivity contribution in [3.05, 3.63) is 63.6 Å². The number of hydrogen-bond acceptors (Lipinski definition) is 3. The van der Waals surface area contributed by atoms with Gasteiger partial charge in [0, 0.05) is 22.1 Å². The van der Waals surface area contributed by atoms with Gasteiger partial charge in [-0.25, -0.2) is 0 Å². The number of halogens is 2. The Hall–Kier alpha value is -2.05. The predicted octanol–water partition coefficient (Wildman–Crippen LogP) is 5.35. The summed E-state index contributed by atoms with van der Waals surface area (Å²) in [6, 6.07) is 14.2. The van der Waals surface area contributed by atoms with E-state index in [1.165, 1.54) is 6.42 Å². The fourth-order valence-corrected chi connectivity index (χ4v) is 4.09. The first kappa shape index (κ1) is 23.6. The van der Waals surface area contributed by atoms with E-state index in [1.54, 1.807) is 36.1 Å². The molecule has 3 rings (SSSR count). The number of carbonyl (C=O) groups is 2. The highest BCUT2D eigenvalue weighted by atomic mass is 79.9. The van der Waals surface area contributed by atoms with Gasteiger partial charge in [0.2, 0.25) is 5.91 Å². The second kappa shape index (κ2) is 11.5. The molecule has 31 heavy (non-hydrogen) atoms. The van der Waals surface area contributed by atoms with Crippen LogP contribution in [0.4, 0.5) is 0 Å². The average molecular weight is 508 g/mol. The SMILES string of the molecule is CC(C(=O)NC1CCCCC1)N(Cc1ccc(Br)cc1)C(=O)COc1ccc(Cl)cc1. The maximum atomic E-state index is 13.1. The summed E-state index contributed by atoms with van der Waals surface area (Å²) in [5, 5.41) is 3.73. The summed E-state index contributed by atoms with van der Waals surface area (Å²) >= 11 is 9.33. The van der Waals surface area contributed by atoms with Crippen LogP contribution in [0.25, 0.3) is 0 Å². The van der Waals surface area contributed by atoms with Gasteiger partial charge in [0.05, 0.1) is 0 Å². The van der Waals surface area contributed by atoms with Crippen molar-refractivity contribution in [3.8, 4) is 5.75 Å². The normalized spacial score (nSPS) is 15.2. The minimum absolute atomic E-state index is 0.121. The lowest BCUT2D eigenvalue weighted by molar-refractivity contribution is -0.142. The molecule has 1 saturated carbocycles. The molecular weight excluding hydrogens is 480 g/mol. The topological polar surface area (TPSA) is 58.6 Å². The summed E-state index contributed by atoms with van der Waals surface area (Å²) in [6.07, 6.45) is 5.49. The number of nitrogens with zero attached hydrogens (tertiary/aromatic N) is 1. The van der Waals surface area contributed by atoms with Gasteiger partial charge in [-0.15, -0.1) is 0 Å². The Labute approximate surface area is 197 Å². The van der Waals surface area contributed by atoms with E-state index in [2.05, 4.69) is 21.2 Å². The molecule has 0 saturated heterocycles. The van der Waals surface area contributed by atoms with E-state index in [4.69, 9.17) is 16.3 Å². The number of carbonyl (C=O) groups excluding carboxylic acids is 2. The zero-order valence-electron chi connectivity index (χ0n) is 17.7. The fraction of sp³-hybridized carbons (Fsp3) is 0.417. The summed E-state index contributed by atoms with van der Waals surface area (Å²) in [4.78, 5) is 27.6. The van der Waals surface area contributed by atoms with Crippen LogP contribution >= 0.6 is 27.5 Å². The Kier molecular flexibility index (Phi) is 8.79. The largest absolute Gasteiger partial charge is 0.484 e. The van der Waals surface area contributed by atoms with E-state index in [1.807, 2.05) is 24.3 Å². The average Bonchev–Trinajstić information content (AvgIpc) is 2.78. The Bertz CT molecular complexity index is 867. The minimum atomic E-state index is -0.605. The standard InChI is InChI=1S/C24H28BrClN2O3/c1-17(24(30)27-21-5-3-2-4-6-21)28(15-18-7-9-19(25)10-8-18)23(29)16-31-22-13-11-20(26)12-14-22/h7-14,17,21H,2-6,15-16H2,1H3,(H,27,30). The van der Waals surface area contributed by atoms with E-state index in [9.17, 15) is 9.59 Å². The Morgan fingerprint density at radius 1 is 1.10 bits per heavy atom. The summed E-state index contributed by atoms with van der Waals surface area (Å²) in [5.74, 6) is 0.189. The van der Waals surface area contributed by atoms with Crippen molar-refractivity contribution < 1.29 is 14.3 Å². The predicted molar refractivity (Wildman–Crippen MR) is 126 cm³/mol. The van der Waals surface area contributed by atoms with E-state index in [-0.39, 0.29) is 24.5 Å². The summed E-state index contributed by atoms with van der Waals surface area (Å²) in [7, 11) is 0. The summed E-state index contributed by atoms with van der Waals surface area (Å²) < 4.78 is 6.61. The van der Waals surface area contributed by atoms with E-state index >= 15 is 0 Å². The first-order chi connectivity index (χ1) is 14.9. The number of rotatable bonds is 8. The third-order valence-corrected chi connectivity index (χ3v) is 6.34. The Morgan fingerprint density at radius 2 is 1.74 bits per heavy atom. The van der Waals surface area contributed by atoms with Crippen molar-refractivity contribution in [3.63, 3.8) is 0 Å². The molecule has 7 heteroatoms. The molecular formula is C24H28BrClN2O3. The minimum Gasteiger partial charge on any atom is -0.484 e. The Balaban J connectivity index is 1.69. The van der Waals surface area contributed by atoms with Gasteiger partial charge in [0.25, 0.3) is 5.91 Å². The molecule has 0 heterocycles. The van der Waals surface area contributed by atoms with E-state index in [0.717, 1.165) is 35.7 Å². The van der Waals surface area contributed by atoms with Gasteiger partial charge < -0.3 is 15.0 Å². The van der Waals surface area contributed by atoms with Crippen LogP contribution < -0.4 is 10.1 Å². The van der Waals surface area contributed by atoms with Crippen molar-refractivity contribution in [2.75, 3.05) is 6.61 Å². The molecule has 1 aliphatic rings. The number of benzene rings is 2. The molecule has 1 fully saturated rings. The molecule has 1 atom stereocenters. The molecule has 2 aromatic carbocycles. The zero-order valence-corrected chi connectivity index (χ0v) is 20.0. The van der Waals surface area contributed by atoms with E-state index in [0.29, 0.717) is 17.3 Å². The van der Waals surface area contributed by atoms with Gasteiger partial charge in [0.15, 0.2) is 6.61 Å². The molecule has 0 aliphatic heterocycles. The van der Waals surface area contributed by atoms with Gasteiger partial charge in [-0.2, -0.15) is 0 Å². The fourth-order valence-electron chi connectivity index (χ4n) is 3.70. The van der Waals surface area contributed by atoms with Crippen molar-refractivity contribution in [2.45, 2.75) is 57.7 Å². The van der Waals surface area contributed by atoms with Crippen LogP contribution in [0.3, 0.4) is 0 Å². The molecule has 1 unspecified atom stereocenters. The third-order valence-electron chi connectivity index (χ3n) is 5.56. The number of hydrogen-bond donors (Lipinski definition) is 1. The lowest BCUT2D eigenvalue weighted by Gasteiger charge is -2.31.